The van der Waals surface area contributed by atoms with Crippen LogP contribution in [0.25, 0.3) is 32.9 Å². The third kappa shape index (κ3) is 4.10. The maximum atomic E-state index is 13.2. The number of amides is 2. The Hall–Kier alpha value is -4.92. The van der Waals surface area contributed by atoms with E-state index < -0.39 is 11.8 Å². The molecule has 2 amide bonds. The fourth-order valence-corrected chi connectivity index (χ4v) is 3.89. The highest BCUT2D eigenvalue weighted by atomic mass is 16.2. The molecule has 3 aromatic heterocycles. The van der Waals surface area contributed by atoms with Crippen molar-refractivity contribution in [1.82, 2.24) is 30.6 Å². The molecule has 0 spiro atoms. The molecule has 0 saturated carbocycles. The van der Waals surface area contributed by atoms with E-state index >= 15 is 0 Å². The molecule has 9 heteroatoms. The molecule has 0 fully saturated rings. The van der Waals surface area contributed by atoms with Crippen LogP contribution in [0.1, 0.15) is 27.8 Å². The second-order valence-corrected chi connectivity index (χ2v) is 7.73. The van der Waals surface area contributed by atoms with E-state index in [9.17, 15) is 14.4 Å². The number of nitrogens with one attached hydrogen (secondary N) is 2. The molecule has 0 saturated heterocycles. The number of aryl methyl sites for hydroxylation is 1. The fourth-order valence-electron chi connectivity index (χ4n) is 3.89. The van der Waals surface area contributed by atoms with Gasteiger partial charge in [0.15, 0.2) is 5.69 Å². The monoisotopic (exact) mass is 464 g/mol. The summed E-state index contributed by atoms with van der Waals surface area (Å²) in [4.78, 5) is 47.4. The van der Waals surface area contributed by atoms with Crippen molar-refractivity contribution in [3.63, 3.8) is 0 Å². The minimum absolute atomic E-state index is 0.0411. The van der Waals surface area contributed by atoms with Crippen LogP contribution in [0.5, 0.6) is 0 Å². The van der Waals surface area contributed by atoms with Gasteiger partial charge in [-0.2, -0.15) is 5.10 Å². The summed E-state index contributed by atoms with van der Waals surface area (Å²) in [6, 6.07) is 19.3. The van der Waals surface area contributed by atoms with Crippen LogP contribution in [-0.4, -0.2) is 31.6 Å². The smallest absolute Gasteiger partial charge is 0.267 e. The summed E-state index contributed by atoms with van der Waals surface area (Å²) in [5.41, 5.74) is 7.07. The van der Waals surface area contributed by atoms with Gasteiger partial charge < -0.3 is 0 Å². The molecule has 0 bridgehead atoms. The molecule has 2 N–H and O–H groups in total. The highest BCUT2D eigenvalue weighted by Gasteiger charge is 2.19. The van der Waals surface area contributed by atoms with E-state index in [1.807, 2.05) is 18.2 Å². The minimum Gasteiger partial charge on any atom is -0.267 e. The zero-order valence-corrected chi connectivity index (χ0v) is 18.7. The zero-order valence-electron chi connectivity index (χ0n) is 18.7. The van der Waals surface area contributed by atoms with Gasteiger partial charge in [0, 0.05) is 35.3 Å². The standard InChI is InChI=1S/C26H20N6O3/c1-2-32-26(35)19-9-4-3-8-18(19)23(31-32)25(34)30-29-24(33)20-15-22(16-11-13-27-14-12-16)28-21-10-6-5-7-17(20)21/h3-15H,2H2,1H3,(H,29,33)(H,30,34). The number of carbonyl (C=O) groups is 2. The van der Waals surface area contributed by atoms with Crippen LogP contribution in [0, 0.1) is 0 Å². The summed E-state index contributed by atoms with van der Waals surface area (Å²) < 4.78 is 1.22. The number of rotatable bonds is 4. The van der Waals surface area contributed by atoms with Crippen LogP contribution in [0.15, 0.2) is 83.9 Å². The number of benzene rings is 2. The summed E-state index contributed by atoms with van der Waals surface area (Å²) in [6.45, 7) is 2.07. The van der Waals surface area contributed by atoms with Gasteiger partial charge in [0.05, 0.1) is 22.2 Å². The maximum Gasteiger partial charge on any atom is 0.290 e. The van der Waals surface area contributed by atoms with E-state index in [4.69, 9.17) is 0 Å². The van der Waals surface area contributed by atoms with Crippen LogP contribution in [0.2, 0.25) is 0 Å². The van der Waals surface area contributed by atoms with Crippen LogP contribution < -0.4 is 16.4 Å². The quantitative estimate of drug-likeness (QED) is 0.395. The van der Waals surface area contributed by atoms with Gasteiger partial charge >= 0.3 is 0 Å². The normalized spacial score (nSPS) is 10.9. The van der Waals surface area contributed by atoms with Crippen molar-refractivity contribution in [3.05, 3.63) is 101 Å². The van der Waals surface area contributed by atoms with Crippen molar-refractivity contribution in [1.29, 1.82) is 0 Å². The van der Waals surface area contributed by atoms with E-state index in [-0.39, 0.29) is 11.3 Å². The Labute approximate surface area is 199 Å². The number of para-hydroxylation sites is 1. The third-order valence-electron chi connectivity index (χ3n) is 5.61. The number of hydrogen-bond acceptors (Lipinski definition) is 6. The molecule has 2 aromatic carbocycles. The second-order valence-electron chi connectivity index (χ2n) is 7.73. The Morgan fingerprint density at radius 2 is 1.51 bits per heavy atom. The molecule has 0 aliphatic rings. The molecule has 0 unspecified atom stereocenters. The van der Waals surface area contributed by atoms with Crippen molar-refractivity contribution in [2.45, 2.75) is 13.5 Å². The molecular weight excluding hydrogens is 444 g/mol. The van der Waals surface area contributed by atoms with E-state index in [1.54, 1.807) is 67.8 Å². The van der Waals surface area contributed by atoms with Crippen LogP contribution >= 0.6 is 0 Å². The first kappa shape index (κ1) is 21.9. The first-order valence-electron chi connectivity index (χ1n) is 11.0. The maximum absolute atomic E-state index is 13.2. The Balaban J connectivity index is 1.48. The van der Waals surface area contributed by atoms with E-state index in [1.165, 1.54) is 4.68 Å². The average molecular weight is 464 g/mol. The summed E-state index contributed by atoms with van der Waals surface area (Å²) in [7, 11) is 0. The van der Waals surface area contributed by atoms with E-state index in [0.717, 1.165) is 5.56 Å². The van der Waals surface area contributed by atoms with Gasteiger partial charge in [-0.05, 0) is 37.3 Å². The highest BCUT2D eigenvalue weighted by molar-refractivity contribution is 6.09. The summed E-state index contributed by atoms with van der Waals surface area (Å²) in [5, 5.41) is 5.62. The van der Waals surface area contributed by atoms with E-state index in [2.05, 4.69) is 25.9 Å². The lowest BCUT2D eigenvalue weighted by Crippen LogP contribution is -2.43. The molecule has 0 aliphatic heterocycles. The zero-order chi connectivity index (χ0) is 24.4. The lowest BCUT2D eigenvalue weighted by atomic mass is 10.0. The van der Waals surface area contributed by atoms with Crippen molar-refractivity contribution in [3.8, 4) is 11.3 Å². The van der Waals surface area contributed by atoms with Crippen molar-refractivity contribution in [2.24, 2.45) is 0 Å². The van der Waals surface area contributed by atoms with Crippen molar-refractivity contribution >= 4 is 33.5 Å². The number of hydrogen-bond donors (Lipinski definition) is 2. The van der Waals surface area contributed by atoms with Crippen LogP contribution in [-0.2, 0) is 6.54 Å². The molecule has 0 atom stereocenters. The predicted octanol–water partition coefficient (Wildman–Crippen LogP) is 3.10. The molecule has 5 aromatic rings. The largest absolute Gasteiger partial charge is 0.290 e. The summed E-state index contributed by atoms with van der Waals surface area (Å²) >= 11 is 0. The predicted molar refractivity (Wildman–Crippen MR) is 132 cm³/mol. The Kier molecular flexibility index (Phi) is 5.72. The summed E-state index contributed by atoms with van der Waals surface area (Å²) in [6.07, 6.45) is 3.30. The van der Waals surface area contributed by atoms with Crippen molar-refractivity contribution in [2.75, 3.05) is 0 Å². The molecule has 0 aliphatic carbocycles. The number of aromatic nitrogens is 4. The molecule has 3 heterocycles. The molecule has 0 radical (unpaired) electrons. The van der Waals surface area contributed by atoms with Gasteiger partial charge in [0.1, 0.15) is 0 Å². The topological polar surface area (TPSA) is 119 Å². The van der Waals surface area contributed by atoms with Gasteiger partial charge in [-0.25, -0.2) is 9.67 Å². The van der Waals surface area contributed by atoms with Crippen LogP contribution in [0.4, 0.5) is 0 Å². The van der Waals surface area contributed by atoms with E-state index in [0.29, 0.717) is 39.5 Å². The fraction of sp³-hybridized carbons (Fsp3) is 0.0769. The number of hydrazine groups is 1. The molecule has 172 valence electrons. The Morgan fingerprint density at radius 1 is 0.857 bits per heavy atom. The lowest BCUT2D eigenvalue weighted by molar-refractivity contribution is 0.0844. The first-order chi connectivity index (χ1) is 17.1. The summed E-state index contributed by atoms with van der Waals surface area (Å²) in [5.74, 6) is -1.15. The lowest BCUT2D eigenvalue weighted by Gasteiger charge is -2.12. The van der Waals surface area contributed by atoms with Gasteiger partial charge in [-0.1, -0.05) is 36.4 Å². The molecule has 35 heavy (non-hydrogen) atoms. The first-order valence-corrected chi connectivity index (χ1v) is 11.0. The number of carbonyl (C=O) groups excluding carboxylic acids is 2. The highest BCUT2D eigenvalue weighted by Crippen LogP contribution is 2.24. The number of fused-ring (bicyclic) bond motifs is 2. The second kappa shape index (κ2) is 9.14. The van der Waals surface area contributed by atoms with Crippen LogP contribution in [0.3, 0.4) is 0 Å². The average Bonchev–Trinajstić information content (AvgIpc) is 2.91. The molecular formula is C26H20N6O3. The molecule has 5 rings (SSSR count). The SMILES string of the molecule is CCn1nc(C(=O)NNC(=O)c2cc(-c3ccncc3)nc3ccccc23)c2ccccc2c1=O. The van der Waals surface area contributed by atoms with Crippen molar-refractivity contribution < 1.29 is 9.59 Å². The van der Waals surface area contributed by atoms with Gasteiger partial charge in [0.25, 0.3) is 17.4 Å². The Bertz CT molecular complexity index is 1650. The number of pyridine rings is 2. The number of nitrogens with zero attached hydrogens (tertiary/aromatic N) is 4. The minimum atomic E-state index is -0.635. The third-order valence-corrected chi connectivity index (χ3v) is 5.61. The molecule has 9 nitrogen and oxygen atoms in total. The van der Waals surface area contributed by atoms with Gasteiger partial charge in [0.2, 0.25) is 0 Å². The van der Waals surface area contributed by atoms with Gasteiger partial charge in [-0.3, -0.25) is 30.2 Å². The Morgan fingerprint density at radius 3 is 2.26 bits per heavy atom. The van der Waals surface area contributed by atoms with Gasteiger partial charge in [-0.15, -0.1) is 0 Å².